The molecule has 0 radical (unpaired) electrons. The van der Waals surface area contributed by atoms with E-state index in [2.05, 4.69) is 10.2 Å². The Morgan fingerprint density at radius 1 is 1.29 bits per heavy atom. The molecule has 0 aromatic heterocycles. The molecule has 0 aliphatic carbocycles. The van der Waals surface area contributed by atoms with Crippen molar-refractivity contribution in [1.29, 1.82) is 0 Å². The summed E-state index contributed by atoms with van der Waals surface area (Å²) in [5, 5.41) is 3.28. The average molecular weight is 237 g/mol. The Morgan fingerprint density at radius 2 is 2.00 bits per heavy atom. The average Bonchev–Trinajstić information content (AvgIpc) is 2.35. The minimum Gasteiger partial charge on any atom is -0.380 e. The van der Waals surface area contributed by atoms with Crippen molar-refractivity contribution in [1.82, 2.24) is 4.90 Å². The van der Waals surface area contributed by atoms with E-state index in [4.69, 9.17) is 5.73 Å². The number of nitrogens with one attached hydrogen (secondary N) is 1. The molecule has 0 atom stereocenters. The number of benzene rings is 1. The Balaban J connectivity index is 1.84. The van der Waals surface area contributed by atoms with Crippen LogP contribution in [0.4, 0.5) is 10.1 Å². The van der Waals surface area contributed by atoms with E-state index < -0.39 is 0 Å². The summed E-state index contributed by atoms with van der Waals surface area (Å²) in [4.78, 5) is 2.36. The number of halogens is 1. The molecule has 1 saturated heterocycles. The first-order chi connectivity index (χ1) is 8.29. The number of anilines is 1. The Hall–Kier alpha value is -1.13. The van der Waals surface area contributed by atoms with Crippen molar-refractivity contribution in [3.63, 3.8) is 0 Å². The van der Waals surface area contributed by atoms with Crippen molar-refractivity contribution >= 4 is 5.69 Å². The SMILES string of the molecule is NCCN1CCC(Nc2ccccc2F)CC1. The number of hydrogen-bond donors (Lipinski definition) is 2. The fraction of sp³-hybridized carbons (Fsp3) is 0.538. The van der Waals surface area contributed by atoms with Gasteiger partial charge < -0.3 is 16.0 Å². The van der Waals surface area contributed by atoms with Gasteiger partial charge in [-0.15, -0.1) is 0 Å². The molecule has 94 valence electrons. The summed E-state index contributed by atoms with van der Waals surface area (Å²) in [6, 6.07) is 7.23. The van der Waals surface area contributed by atoms with Crippen LogP contribution < -0.4 is 11.1 Å². The summed E-state index contributed by atoms with van der Waals surface area (Å²) in [7, 11) is 0. The molecule has 1 aliphatic rings. The maximum absolute atomic E-state index is 13.5. The van der Waals surface area contributed by atoms with Gasteiger partial charge in [-0.25, -0.2) is 4.39 Å². The fourth-order valence-corrected chi connectivity index (χ4v) is 2.28. The Labute approximate surface area is 102 Å². The maximum Gasteiger partial charge on any atom is 0.146 e. The number of hydrogen-bond acceptors (Lipinski definition) is 3. The maximum atomic E-state index is 13.5. The van der Waals surface area contributed by atoms with Crippen LogP contribution in [0.15, 0.2) is 24.3 Å². The van der Waals surface area contributed by atoms with Crippen LogP contribution >= 0.6 is 0 Å². The highest BCUT2D eigenvalue weighted by atomic mass is 19.1. The first-order valence-electron chi connectivity index (χ1n) is 6.23. The van der Waals surface area contributed by atoms with Gasteiger partial charge >= 0.3 is 0 Å². The number of rotatable bonds is 4. The lowest BCUT2D eigenvalue weighted by Crippen LogP contribution is -2.41. The van der Waals surface area contributed by atoms with E-state index in [1.807, 2.05) is 6.07 Å². The van der Waals surface area contributed by atoms with Gasteiger partial charge in [0.05, 0.1) is 5.69 Å². The first kappa shape index (κ1) is 12.3. The van der Waals surface area contributed by atoms with E-state index in [1.165, 1.54) is 6.07 Å². The Kier molecular flexibility index (Phi) is 4.34. The quantitative estimate of drug-likeness (QED) is 0.837. The second-order valence-corrected chi connectivity index (χ2v) is 4.53. The van der Waals surface area contributed by atoms with Crippen LogP contribution in [0.3, 0.4) is 0 Å². The first-order valence-corrected chi connectivity index (χ1v) is 6.23. The number of piperidine rings is 1. The molecule has 1 aliphatic heterocycles. The molecule has 1 heterocycles. The van der Waals surface area contributed by atoms with Crippen LogP contribution in [0.1, 0.15) is 12.8 Å². The molecule has 0 bridgehead atoms. The van der Waals surface area contributed by atoms with Gasteiger partial charge in [0.2, 0.25) is 0 Å². The Bertz CT molecular complexity index is 348. The van der Waals surface area contributed by atoms with E-state index in [0.29, 0.717) is 18.3 Å². The second kappa shape index (κ2) is 5.98. The minimum absolute atomic E-state index is 0.170. The summed E-state index contributed by atoms with van der Waals surface area (Å²) in [5.41, 5.74) is 6.15. The fourth-order valence-electron chi connectivity index (χ4n) is 2.28. The van der Waals surface area contributed by atoms with E-state index in [-0.39, 0.29) is 5.82 Å². The molecule has 0 unspecified atom stereocenters. The van der Waals surface area contributed by atoms with Crippen LogP contribution in [-0.4, -0.2) is 37.1 Å². The third-order valence-electron chi connectivity index (χ3n) is 3.27. The topological polar surface area (TPSA) is 41.3 Å². The van der Waals surface area contributed by atoms with Crippen molar-refractivity contribution in [2.75, 3.05) is 31.5 Å². The molecular formula is C13H20FN3. The largest absolute Gasteiger partial charge is 0.380 e. The smallest absolute Gasteiger partial charge is 0.146 e. The van der Waals surface area contributed by atoms with Crippen molar-refractivity contribution in [2.45, 2.75) is 18.9 Å². The summed E-state index contributed by atoms with van der Waals surface area (Å²) in [5.74, 6) is -0.170. The zero-order valence-corrected chi connectivity index (χ0v) is 10.0. The van der Waals surface area contributed by atoms with Gasteiger partial charge in [0.1, 0.15) is 5.82 Å². The van der Waals surface area contributed by atoms with Crippen molar-refractivity contribution in [2.24, 2.45) is 5.73 Å². The van der Waals surface area contributed by atoms with Crippen molar-refractivity contribution in [3.8, 4) is 0 Å². The number of nitrogens with zero attached hydrogens (tertiary/aromatic N) is 1. The predicted molar refractivity (Wildman–Crippen MR) is 68.5 cm³/mol. The van der Waals surface area contributed by atoms with Gasteiger partial charge in [0.25, 0.3) is 0 Å². The third-order valence-corrected chi connectivity index (χ3v) is 3.27. The van der Waals surface area contributed by atoms with Gasteiger partial charge in [-0.05, 0) is 25.0 Å². The molecular weight excluding hydrogens is 217 g/mol. The standard InChI is InChI=1S/C13H20FN3/c14-12-3-1-2-4-13(12)16-11-5-8-17(9-6-11)10-7-15/h1-4,11,16H,5-10,15H2. The van der Waals surface area contributed by atoms with Crippen molar-refractivity contribution < 1.29 is 4.39 Å². The van der Waals surface area contributed by atoms with Gasteiger partial charge in [-0.3, -0.25) is 0 Å². The minimum atomic E-state index is -0.170. The van der Waals surface area contributed by atoms with Crippen LogP contribution in [0.25, 0.3) is 0 Å². The normalized spacial score (nSPS) is 18.2. The van der Waals surface area contributed by atoms with Crippen LogP contribution in [0, 0.1) is 5.82 Å². The summed E-state index contributed by atoms with van der Waals surface area (Å²) >= 11 is 0. The lowest BCUT2D eigenvalue weighted by Gasteiger charge is -2.32. The van der Waals surface area contributed by atoms with Gasteiger partial charge in [0.15, 0.2) is 0 Å². The highest BCUT2D eigenvalue weighted by molar-refractivity contribution is 5.45. The molecule has 3 N–H and O–H groups in total. The zero-order chi connectivity index (χ0) is 12.1. The van der Waals surface area contributed by atoms with Gasteiger partial charge in [-0.1, -0.05) is 12.1 Å². The molecule has 0 saturated carbocycles. The summed E-state index contributed by atoms with van der Waals surface area (Å²) in [6.07, 6.45) is 2.10. The molecule has 0 amide bonds. The molecule has 2 rings (SSSR count). The number of nitrogens with two attached hydrogens (primary N) is 1. The molecule has 0 spiro atoms. The lowest BCUT2D eigenvalue weighted by molar-refractivity contribution is 0.224. The highest BCUT2D eigenvalue weighted by Crippen LogP contribution is 2.18. The monoisotopic (exact) mass is 237 g/mol. The lowest BCUT2D eigenvalue weighted by atomic mass is 10.0. The molecule has 1 aromatic rings. The van der Waals surface area contributed by atoms with Crippen LogP contribution in [0.2, 0.25) is 0 Å². The van der Waals surface area contributed by atoms with E-state index in [0.717, 1.165) is 32.5 Å². The second-order valence-electron chi connectivity index (χ2n) is 4.53. The Morgan fingerprint density at radius 3 is 2.65 bits per heavy atom. The zero-order valence-electron chi connectivity index (χ0n) is 10.0. The van der Waals surface area contributed by atoms with Gasteiger partial charge in [0, 0.05) is 32.2 Å². The predicted octanol–water partition coefficient (Wildman–Crippen LogP) is 1.66. The molecule has 1 fully saturated rings. The number of para-hydroxylation sites is 1. The molecule has 1 aromatic carbocycles. The van der Waals surface area contributed by atoms with Crippen molar-refractivity contribution in [3.05, 3.63) is 30.1 Å². The highest BCUT2D eigenvalue weighted by Gasteiger charge is 2.18. The molecule has 17 heavy (non-hydrogen) atoms. The van der Waals surface area contributed by atoms with E-state index in [9.17, 15) is 4.39 Å². The molecule has 3 nitrogen and oxygen atoms in total. The summed E-state index contributed by atoms with van der Waals surface area (Å²) < 4.78 is 13.5. The van der Waals surface area contributed by atoms with E-state index >= 15 is 0 Å². The number of likely N-dealkylation sites (tertiary alicyclic amines) is 1. The molecule has 4 heteroatoms. The van der Waals surface area contributed by atoms with E-state index in [1.54, 1.807) is 12.1 Å². The van der Waals surface area contributed by atoms with Crippen LogP contribution in [-0.2, 0) is 0 Å². The van der Waals surface area contributed by atoms with Crippen LogP contribution in [0.5, 0.6) is 0 Å². The summed E-state index contributed by atoms with van der Waals surface area (Å²) in [6.45, 7) is 3.77. The van der Waals surface area contributed by atoms with Gasteiger partial charge in [-0.2, -0.15) is 0 Å². The third kappa shape index (κ3) is 3.41.